The van der Waals surface area contributed by atoms with Crippen LogP contribution in [0.25, 0.3) is 11.0 Å². The normalized spacial score (nSPS) is 21.7. The van der Waals surface area contributed by atoms with E-state index >= 15 is 0 Å². The molecule has 0 radical (unpaired) electrons. The maximum atomic E-state index is 14.0. The van der Waals surface area contributed by atoms with Crippen LogP contribution in [0.15, 0.2) is 87.6 Å². The molecule has 1 aliphatic heterocycles. The second-order valence-corrected chi connectivity index (χ2v) is 12.8. The molecule has 0 spiro atoms. The van der Waals surface area contributed by atoms with Crippen LogP contribution in [0.5, 0.6) is 11.5 Å². The number of aliphatic hydroxyl groups is 3. The number of hydrogen-bond donors (Lipinski definition) is 5. The number of nitrogens with one attached hydrogen (secondary N) is 1. The first-order valence-electron chi connectivity index (χ1n) is 15.5. The maximum Gasteiger partial charge on any atom is 0.360 e. The van der Waals surface area contributed by atoms with Crippen LogP contribution >= 0.6 is 0 Å². The number of hydrogen-bond acceptors (Lipinski definition) is 10. The Morgan fingerprint density at radius 2 is 1.73 bits per heavy atom. The van der Waals surface area contributed by atoms with Crippen LogP contribution in [0.1, 0.15) is 49.9 Å². The lowest BCUT2D eigenvalue weighted by atomic mass is 9.84. The molecule has 1 aliphatic rings. The van der Waals surface area contributed by atoms with Crippen molar-refractivity contribution in [1.82, 2.24) is 0 Å². The molecule has 0 saturated carbocycles. The summed E-state index contributed by atoms with van der Waals surface area (Å²) in [5.74, 6) is -0.653. The molecule has 2 heterocycles. The molecule has 48 heavy (non-hydrogen) atoms. The largest absolute Gasteiger partial charge is 0.508 e. The summed E-state index contributed by atoms with van der Waals surface area (Å²) < 4.78 is 22.8. The van der Waals surface area contributed by atoms with Gasteiger partial charge in [0.15, 0.2) is 5.60 Å². The van der Waals surface area contributed by atoms with E-state index < -0.39 is 47.3 Å². The summed E-state index contributed by atoms with van der Waals surface area (Å²) in [4.78, 5) is 27.2. The summed E-state index contributed by atoms with van der Waals surface area (Å²) in [7, 11) is 1.41. The van der Waals surface area contributed by atoms with Crippen LogP contribution in [0.4, 0.5) is 5.69 Å². The number of amides is 1. The first-order valence-corrected chi connectivity index (χ1v) is 15.5. The van der Waals surface area contributed by atoms with Gasteiger partial charge in [0.05, 0.1) is 5.60 Å². The first kappa shape index (κ1) is 34.8. The molecule has 4 aromatic rings. The summed E-state index contributed by atoms with van der Waals surface area (Å²) in [5.41, 5.74) is -1.75. The number of fused-ring (bicyclic) bond motifs is 1. The molecule has 0 bridgehead atoms. The zero-order valence-corrected chi connectivity index (χ0v) is 27.7. The summed E-state index contributed by atoms with van der Waals surface area (Å²) in [6.07, 6.45) is -2.46. The van der Waals surface area contributed by atoms with Gasteiger partial charge in [0.25, 0.3) is 5.91 Å². The van der Waals surface area contributed by atoms with Gasteiger partial charge in [0.1, 0.15) is 41.1 Å². The van der Waals surface area contributed by atoms with Gasteiger partial charge in [-0.15, -0.1) is 0 Å². The van der Waals surface area contributed by atoms with Gasteiger partial charge in [0.2, 0.25) is 6.29 Å². The van der Waals surface area contributed by atoms with E-state index in [1.54, 1.807) is 69.3 Å². The smallest absolute Gasteiger partial charge is 0.360 e. The topological polar surface area (TPSA) is 168 Å². The fourth-order valence-electron chi connectivity index (χ4n) is 5.96. The Kier molecular flexibility index (Phi) is 9.82. The Labute approximate surface area is 278 Å². The lowest BCUT2D eigenvalue weighted by Gasteiger charge is -2.46. The SMILES string of the molecule is CO[C@@H]1[C@@H](O)[C@@H](O)[C@H](Oc2ccc3cc(NC(=O)C(O)(c4ccccc4)c4ccc(O)c(CC=C(C)C)c4)c(=O)oc3c2C)OC1(C)C. The number of phenolic OH excluding ortho intramolecular Hbond substituents is 1. The van der Waals surface area contributed by atoms with Gasteiger partial charge in [-0.2, -0.15) is 0 Å². The van der Waals surface area contributed by atoms with E-state index in [0.29, 0.717) is 22.9 Å². The van der Waals surface area contributed by atoms with Gasteiger partial charge in [-0.3, -0.25) is 4.79 Å². The number of carbonyl (C=O) groups is 1. The zero-order valence-electron chi connectivity index (χ0n) is 27.7. The van der Waals surface area contributed by atoms with Crippen molar-refractivity contribution in [3.8, 4) is 11.5 Å². The highest BCUT2D eigenvalue weighted by atomic mass is 16.7. The predicted molar refractivity (Wildman–Crippen MR) is 179 cm³/mol. The molecular weight excluding hydrogens is 618 g/mol. The standard InChI is InChI=1S/C37H41NO10/c1-20(2)12-13-22-18-25(15-16-27(22)39)37(44,24-10-8-7-9-11-24)35(43)38-26-19-23-14-17-28(21(3)31(23)47-33(26)42)46-34-30(41)29(40)32(45-6)36(4,5)48-34/h7-12,14-19,29-30,32,34,39-41,44H,13H2,1-6H3,(H,38,43)/t29-,30+,32+,34+,37?/m0/s1. The predicted octanol–water partition coefficient (Wildman–Crippen LogP) is 4.44. The fraction of sp³-hybridized carbons (Fsp3) is 0.351. The number of carbonyl (C=O) groups excluding carboxylic acids is 1. The molecule has 5 N–H and O–H groups in total. The Morgan fingerprint density at radius 3 is 2.40 bits per heavy atom. The molecule has 1 fully saturated rings. The quantitative estimate of drug-likeness (QED) is 0.128. The molecule has 1 saturated heterocycles. The van der Waals surface area contributed by atoms with Crippen LogP contribution in [0.2, 0.25) is 0 Å². The van der Waals surface area contributed by atoms with Crippen molar-refractivity contribution in [2.24, 2.45) is 0 Å². The van der Waals surface area contributed by atoms with Crippen LogP contribution in [0.3, 0.4) is 0 Å². The number of methoxy groups -OCH3 is 1. The molecule has 1 amide bonds. The van der Waals surface area contributed by atoms with Crippen molar-refractivity contribution in [3.63, 3.8) is 0 Å². The molecule has 11 heteroatoms. The third kappa shape index (κ3) is 6.60. The van der Waals surface area contributed by atoms with E-state index in [1.807, 2.05) is 19.9 Å². The van der Waals surface area contributed by atoms with Crippen molar-refractivity contribution >= 4 is 22.6 Å². The van der Waals surface area contributed by atoms with Gasteiger partial charge < -0.3 is 44.4 Å². The Balaban J connectivity index is 1.47. The van der Waals surface area contributed by atoms with Gasteiger partial charge in [-0.1, -0.05) is 48.0 Å². The molecule has 5 rings (SSSR count). The lowest BCUT2D eigenvalue weighted by Crippen LogP contribution is -2.63. The van der Waals surface area contributed by atoms with Crippen molar-refractivity contribution < 1.29 is 43.8 Å². The zero-order chi connectivity index (χ0) is 35.0. The van der Waals surface area contributed by atoms with Crippen molar-refractivity contribution in [1.29, 1.82) is 0 Å². The molecule has 1 aromatic heterocycles. The summed E-state index contributed by atoms with van der Waals surface area (Å²) in [6, 6.07) is 17.4. The summed E-state index contributed by atoms with van der Waals surface area (Å²) in [6.45, 7) is 8.92. The Morgan fingerprint density at radius 1 is 1.02 bits per heavy atom. The molecule has 254 valence electrons. The molecule has 11 nitrogen and oxygen atoms in total. The lowest BCUT2D eigenvalue weighted by molar-refractivity contribution is -0.306. The van der Waals surface area contributed by atoms with E-state index in [-0.39, 0.29) is 33.9 Å². The van der Waals surface area contributed by atoms with E-state index in [9.17, 15) is 30.0 Å². The van der Waals surface area contributed by atoms with Crippen LogP contribution in [-0.2, 0) is 26.3 Å². The van der Waals surface area contributed by atoms with Gasteiger partial charge >= 0.3 is 5.63 Å². The van der Waals surface area contributed by atoms with Crippen LogP contribution in [0, 0.1) is 6.92 Å². The number of aryl methyl sites for hydroxylation is 1. The number of phenols is 1. The number of anilines is 1. The highest BCUT2D eigenvalue weighted by Gasteiger charge is 2.50. The average molecular weight is 660 g/mol. The number of ether oxygens (including phenoxy) is 3. The van der Waals surface area contributed by atoms with Crippen molar-refractivity contribution in [2.45, 2.75) is 76.8 Å². The molecular formula is C37H41NO10. The number of benzene rings is 3. The minimum atomic E-state index is -2.25. The summed E-state index contributed by atoms with van der Waals surface area (Å²) >= 11 is 0. The molecule has 3 aromatic carbocycles. The van der Waals surface area contributed by atoms with Gasteiger partial charge in [-0.05, 0) is 88.1 Å². The second-order valence-electron chi connectivity index (χ2n) is 12.8. The van der Waals surface area contributed by atoms with E-state index in [0.717, 1.165) is 5.57 Å². The van der Waals surface area contributed by atoms with Gasteiger partial charge in [-0.25, -0.2) is 4.79 Å². The Hall–Kier alpha value is -4.52. The van der Waals surface area contributed by atoms with Crippen molar-refractivity contribution in [3.05, 3.63) is 111 Å². The molecule has 1 unspecified atom stereocenters. The second kappa shape index (κ2) is 13.5. The Bertz CT molecular complexity index is 1900. The number of aliphatic hydroxyl groups excluding tert-OH is 2. The first-order chi connectivity index (χ1) is 22.7. The van der Waals surface area contributed by atoms with Gasteiger partial charge in [0, 0.05) is 18.1 Å². The summed E-state index contributed by atoms with van der Waals surface area (Å²) in [5, 5.41) is 46.9. The minimum absolute atomic E-state index is 0.0181. The number of allylic oxidation sites excluding steroid dienone is 2. The average Bonchev–Trinajstić information content (AvgIpc) is 3.05. The third-order valence-electron chi connectivity index (χ3n) is 8.64. The van der Waals surface area contributed by atoms with E-state index in [1.165, 1.54) is 25.3 Å². The molecule has 5 atom stereocenters. The maximum absolute atomic E-state index is 14.0. The fourth-order valence-corrected chi connectivity index (χ4v) is 5.96. The highest BCUT2D eigenvalue weighted by Crippen LogP contribution is 2.37. The minimum Gasteiger partial charge on any atom is -0.508 e. The van der Waals surface area contributed by atoms with Crippen LogP contribution in [-0.4, -0.2) is 63.6 Å². The number of aromatic hydroxyl groups is 1. The molecule has 0 aliphatic carbocycles. The monoisotopic (exact) mass is 659 g/mol. The van der Waals surface area contributed by atoms with E-state index in [2.05, 4.69) is 5.32 Å². The number of rotatable bonds is 9. The van der Waals surface area contributed by atoms with E-state index in [4.69, 9.17) is 18.6 Å². The van der Waals surface area contributed by atoms with Crippen LogP contribution < -0.4 is 15.7 Å². The van der Waals surface area contributed by atoms with Crippen molar-refractivity contribution in [2.75, 3.05) is 12.4 Å². The third-order valence-corrected chi connectivity index (χ3v) is 8.64. The highest BCUT2D eigenvalue weighted by molar-refractivity contribution is 6.01.